The van der Waals surface area contributed by atoms with E-state index in [1.54, 1.807) is 19.2 Å². The number of nitrogens with zero attached hydrogens (tertiary/aromatic N) is 3. The van der Waals surface area contributed by atoms with E-state index < -0.39 is 0 Å². The van der Waals surface area contributed by atoms with Crippen LogP contribution in [-0.4, -0.2) is 27.9 Å². The molecular formula is C11H13N7O. The molecule has 0 unspecified atom stereocenters. The smallest absolute Gasteiger partial charge is 0.269 e. The number of hydrogen-bond acceptors (Lipinski definition) is 7. The molecule has 0 aliphatic rings. The molecule has 0 aromatic carbocycles. The average Bonchev–Trinajstić information content (AvgIpc) is 2.47. The number of anilines is 3. The van der Waals surface area contributed by atoms with Gasteiger partial charge in [0.15, 0.2) is 11.6 Å². The molecule has 0 bridgehead atoms. The Morgan fingerprint density at radius 1 is 1.21 bits per heavy atom. The number of nitrogens with two attached hydrogens (primary N) is 1. The molecule has 0 aliphatic carbocycles. The van der Waals surface area contributed by atoms with Crippen LogP contribution >= 0.6 is 0 Å². The molecule has 5 N–H and O–H groups in total. The fourth-order valence-electron chi connectivity index (χ4n) is 1.39. The molecule has 2 rings (SSSR count). The zero-order valence-corrected chi connectivity index (χ0v) is 10.2. The maximum absolute atomic E-state index is 11.8. The Labute approximate surface area is 109 Å². The van der Waals surface area contributed by atoms with Gasteiger partial charge in [0.05, 0.1) is 0 Å². The van der Waals surface area contributed by atoms with E-state index in [-0.39, 0.29) is 5.91 Å². The third-order valence-electron chi connectivity index (χ3n) is 2.36. The van der Waals surface area contributed by atoms with Crippen molar-refractivity contribution in [3.63, 3.8) is 0 Å². The highest BCUT2D eigenvalue weighted by molar-refractivity contribution is 5.95. The lowest BCUT2D eigenvalue weighted by Gasteiger charge is -2.11. The monoisotopic (exact) mass is 259 g/mol. The van der Waals surface area contributed by atoms with Crippen molar-refractivity contribution in [2.75, 3.05) is 23.5 Å². The highest BCUT2D eigenvalue weighted by Crippen LogP contribution is 2.20. The van der Waals surface area contributed by atoms with Crippen LogP contribution in [0.1, 0.15) is 10.4 Å². The molecule has 0 radical (unpaired) electrons. The van der Waals surface area contributed by atoms with Gasteiger partial charge in [0.2, 0.25) is 0 Å². The zero-order valence-electron chi connectivity index (χ0n) is 10.2. The summed E-state index contributed by atoms with van der Waals surface area (Å²) < 4.78 is 0. The number of hydrazine groups is 1. The molecular weight excluding hydrogens is 246 g/mol. The summed E-state index contributed by atoms with van der Waals surface area (Å²) in [7, 11) is 1.69. The Morgan fingerprint density at radius 3 is 2.58 bits per heavy atom. The Balaban J connectivity index is 2.05. The summed E-state index contributed by atoms with van der Waals surface area (Å²) >= 11 is 0. The van der Waals surface area contributed by atoms with Crippen molar-refractivity contribution < 1.29 is 4.79 Å². The highest BCUT2D eigenvalue weighted by atomic mass is 16.2. The topological polar surface area (TPSA) is 118 Å². The number of pyridine rings is 1. The molecule has 0 atom stereocenters. The van der Waals surface area contributed by atoms with E-state index >= 15 is 0 Å². The van der Waals surface area contributed by atoms with Crippen LogP contribution in [0.15, 0.2) is 30.9 Å². The molecule has 0 aliphatic heterocycles. The molecule has 0 saturated carbocycles. The van der Waals surface area contributed by atoms with E-state index in [9.17, 15) is 4.79 Å². The molecule has 2 heterocycles. The summed E-state index contributed by atoms with van der Waals surface area (Å²) in [5, 5.41) is 2.82. The van der Waals surface area contributed by atoms with E-state index in [4.69, 9.17) is 5.73 Å². The van der Waals surface area contributed by atoms with Crippen molar-refractivity contribution in [1.82, 2.24) is 20.4 Å². The molecule has 0 fully saturated rings. The van der Waals surface area contributed by atoms with Gasteiger partial charge in [0.1, 0.15) is 12.0 Å². The van der Waals surface area contributed by atoms with E-state index in [0.29, 0.717) is 22.9 Å². The van der Waals surface area contributed by atoms with Crippen LogP contribution in [0.2, 0.25) is 0 Å². The van der Waals surface area contributed by atoms with Crippen molar-refractivity contribution >= 4 is 23.2 Å². The van der Waals surface area contributed by atoms with Crippen molar-refractivity contribution in [2.45, 2.75) is 0 Å². The van der Waals surface area contributed by atoms with Gasteiger partial charge in [-0.15, -0.1) is 0 Å². The van der Waals surface area contributed by atoms with Crippen LogP contribution in [0, 0.1) is 0 Å². The molecule has 2 aromatic rings. The fraction of sp³-hybridized carbons (Fsp3) is 0.0909. The standard InChI is InChI=1S/C11H13N7O/c1-13-9-8(12)10(16-6-15-9)17-18-11(19)7-2-4-14-5-3-7/h2-6H,12H2,1H3,(H,18,19)(H2,13,15,16,17). The van der Waals surface area contributed by atoms with Crippen LogP contribution in [0.5, 0.6) is 0 Å². The molecule has 0 saturated heterocycles. The zero-order chi connectivity index (χ0) is 13.7. The van der Waals surface area contributed by atoms with Gasteiger partial charge < -0.3 is 11.1 Å². The highest BCUT2D eigenvalue weighted by Gasteiger charge is 2.08. The number of nitrogens with one attached hydrogen (secondary N) is 3. The first-order valence-electron chi connectivity index (χ1n) is 5.47. The minimum absolute atomic E-state index is 0.314. The van der Waals surface area contributed by atoms with Crippen LogP contribution in [-0.2, 0) is 0 Å². The Bertz CT molecular complexity index is 573. The maximum atomic E-state index is 11.8. The molecule has 1 amide bonds. The van der Waals surface area contributed by atoms with Gasteiger partial charge in [-0.25, -0.2) is 9.97 Å². The first-order chi connectivity index (χ1) is 9.22. The second kappa shape index (κ2) is 5.63. The van der Waals surface area contributed by atoms with Gasteiger partial charge in [-0.2, -0.15) is 0 Å². The summed E-state index contributed by atoms with van der Waals surface area (Å²) in [4.78, 5) is 23.5. The summed E-state index contributed by atoms with van der Waals surface area (Å²) in [5.41, 5.74) is 11.7. The minimum atomic E-state index is -0.314. The molecule has 2 aromatic heterocycles. The van der Waals surface area contributed by atoms with Gasteiger partial charge in [-0.05, 0) is 12.1 Å². The summed E-state index contributed by atoms with van der Waals surface area (Å²) in [5.74, 6) is 0.490. The number of rotatable bonds is 4. The van der Waals surface area contributed by atoms with Gasteiger partial charge >= 0.3 is 0 Å². The van der Waals surface area contributed by atoms with Gasteiger partial charge in [0, 0.05) is 25.0 Å². The second-order valence-electron chi connectivity index (χ2n) is 3.55. The van der Waals surface area contributed by atoms with Gasteiger partial charge in [-0.1, -0.05) is 0 Å². The Kier molecular flexibility index (Phi) is 3.72. The Hall–Kier alpha value is -2.90. The largest absolute Gasteiger partial charge is 0.393 e. The quantitative estimate of drug-likeness (QED) is 0.581. The van der Waals surface area contributed by atoms with E-state index in [1.807, 2.05) is 0 Å². The first kappa shape index (κ1) is 12.6. The van der Waals surface area contributed by atoms with Crippen LogP contribution in [0.25, 0.3) is 0 Å². The summed E-state index contributed by atoms with van der Waals surface area (Å²) in [6.45, 7) is 0. The number of hydrogen-bond donors (Lipinski definition) is 4. The lowest BCUT2D eigenvalue weighted by Crippen LogP contribution is -2.30. The van der Waals surface area contributed by atoms with Gasteiger partial charge in [-0.3, -0.25) is 20.6 Å². The number of aromatic nitrogens is 3. The molecule has 8 heteroatoms. The number of carbonyl (C=O) groups excluding carboxylic acids is 1. The van der Waals surface area contributed by atoms with Crippen molar-refractivity contribution in [2.24, 2.45) is 0 Å². The van der Waals surface area contributed by atoms with Crippen molar-refractivity contribution in [3.8, 4) is 0 Å². The lowest BCUT2D eigenvalue weighted by atomic mass is 10.3. The molecule has 98 valence electrons. The normalized spacial score (nSPS) is 9.74. The molecule has 19 heavy (non-hydrogen) atoms. The predicted octanol–water partition coefficient (Wildman–Crippen LogP) is 0.252. The number of nitrogen functional groups attached to an aromatic ring is 1. The first-order valence-corrected chi connectivity index (χ1v) is 5.47. The summed E-state index contributed by atoms with van der Waals surface area (Å²) in [6.07, 6.45) is 4.41. The lowest BCUT2D eigenvalue weighted by molar-refractivity contribution is 0.0962. The second-order valence-corrected chi connectivity index (χ2v) is 3.55. The van der Waals surface area contributed by atoms with Crippen LogP contribution in [0.3, 0.4) is 0 Å². The third-order valence-corrected chi connectivity index (χ3v) is 2.36. The maximum Gasteiger partial charge on any atom is 0.269 e. The SMILES string of the molecule is CNc1ncnc(NNC(=O)c2ccncc2)c1N. The van der Waals surface area contributed by atoms with Crippen molar-refractivity contribution in [1.29, 1.82) is 0 Å². The summed E-state index contributed by atoms with van der Waals surface area (Å²) in [6, 6.07) is 3.19. The fourth-order valence-corrected chi connectivity index (χ4v) is 1.39. The van der Waals surface area contributed by atoms with Crippen LogP contribution in [0.4, 0.5) is 17.3 Å². The van der Waals surface area contributed by atoms with E-state index in [0.717, 1.165) is 0 Å². The van der Waals surface area contributed by atoms with Gasteiger partial charge in [0.25, 0.3) is 5.91 Å². The molecule has 0 spiro atoms. The van der Waals surface area contributed by atoms with E-state index in [1.165, 1.54) is 18.7 Å². The molecule has 8 nitrogen and oxygen atoms in total. The average molecular weight is 259 g/mol. The van der Waals surface area contributed by atoms with Crippen LogP contribution < -0.4 is 21.9 Å². The Morgan fingerprint density at radius 2 is 1.89 bits per heavy atom. The predicted molar refractivity (Wildman–Crippen MR) is 71.3 cm³/mol. The number of amides is 1. The van der Waals surface area contributed by atoms with Crippen molar-refractivity contribution in [3.05, 3.63) is 36.4 Å². The number of carbonyl (C=O) groups is 1. The minimum Gasteiger partial charge on any atom is -0.393 e. The van der Waals surface area contributed by atoms with E-state index in [2.05, 4.69) is 31.1 Å². The third kappa shape index (κ3) is 2.86.